The van der Waals surface area contributed by atoms with Crippen molar-refractivity contribution in [3.8, 4) is 0 Å². The number of hydrogen-bond donors (Lipinski definition) is 1. The van der Waals surface area contributed by atoms with E-state index in [4.69, 9.17) is 22.1 Å². The van der Waals surface area contributed by atoms with Crippen LogP contribution in [0.25, 0.3) is 0 Å². The Kier molecular flexibility index (Phi) is 5.92. The SMILES string of the molecule is NCC(C(=O)N1CCN(c2ncccc2Cl)CC1)C1CCOCC1. The molecule has 0 aliphatic carbocycles. The molecule has 1 amide bonds. The van der Waals surface area contributed by atoms with Crippen LogP contribution in [0.4, 0.5) is 5.82 Å². The van der Waals surface area contributed by atoms with E-state index < -0.39 is 0 Å². The number of rotatable bonds is 4. The summed E-state index contributed by atoms with van der Waals surface area (Å²) in [6, 6.07) is 3.67. The Bertz CT molecular complexity index is 557. The summed E-state index contributed by atoms with van der Waals surface area (Å²) in [4.78, 5) is 21.3. The Hall–Kier alpha value is -1.37. The summed E-state index contributed by atoms with van der Waals surface area (Å²) in [5.74, 6) is 1.25. The lowest BCUT2D eigenvalue weighted by Crippen LogP contribution is -2.52. The normalized spacial score (nSPS) is 20.9. The van der Waals surface area contributed by atoms with Gasteiger partial charge in [0, 0.05) is 52.1 Å². The summed E-state index contributed by atoms with van der Waals surface area (Å²) in [6.07, 6.45) is 3.60. The lowest BCUT2D eigenvalue weighted by molar-refractivity contribution is -0.138. The third kappa shape index (κ3) is 3.82. The van der Waals surface area contributed by atoms with Crippen molar-refractivity contribution < 1.29 is 9.53 Å². The van der Waals surface area contributed by atoms with Gasteiger partial charge in [-0.15, -0.1) is 0 Å². The van der Waals surface area contributed by atoms with Gasteiger partial charge >= 0.3 is 0 Å². The number of anilines is 1. The average Bonchev–Trinajstić information content (AvgIpc) is 2.64. The van der Waals surface area contributed by atoms with Crippen molar-refractivity contribution in [3.05, 3.63) is 23.4 Å². The number of ether oxygens (including phenoxy) is 1. The highest BCUT2D eigenvalue weighted by atomic mass is 35.5. The zero-order valence-electron chi connectivity index (χ0n) is 13.9. The van der Waals surface area contributed by atoms with E-state index in [1.807, 2.05) is 17.0 Å². The minimum atomic E-state index is -0.0844. The Balaban J connectivity index is 1.59. The van der Waals surface area contributed by atoms with Crippen molar-refractivity contribution in [1.82, 2.24) is 9.88 Å². The van der Waals surface area contributed by atoms with E-state index >= 15 is 0 Å². The van der Waals surface area contributed by atoms with Crippen molar-refractivity contribution in [2.45, 2.75) is 12.8 Å². The van der Waals surface area contributed by atoms with Crippen LogP contribution in [0.1, 0.15) is 12.8 Å². The summed E-state index contributed by atoms with van der Waals surface area (Å²) in [5, 5.41) is 0.652. The first kappa shape index (κ1) is 17.5. The van der Waals surface area contributed by atoms with E-state index in [9.17, 15) is 4.79 Å². The van der Waals surface area contributed by atoms with Crippen LogP contribution in [0.5, 0.6) is 0 Å². The zero-order chi connectivity index (χ0) is 16.9. The second kappa shape index (κ2) is 8.14. The molecule has 2 saturated heterocycles. The summed E-state index contributed by atoms with van der Waals surface area (Å²) in [5.41, 5.74) is 5.92. The predicted molar refractivity (Wildman–Crippen MR) is 94.1 cm³/mol. The summed E-state index contributed by atoms with van der Waals surface area (Å²) in [6.45, 7) is 4.74. The van der Waals surface area contributed by atoms with Crippen molar-refractivity contribution in [3.63, 3.8) is 0 Å². The molecule has 0 aromatic carbocycles. The van der Waals surface area contributed by atoms with Gasteiger partial charge in [-0.1, -0.05) is 11.6 Å². The minimum absolute atomic E-state index is 0.0844. The molecular weight excluding hydrogens is 328 g/mol. The topological polar surface area (TPSA) is 71.7 Å². The van der Waals surface area contributed by atoms with E-state index in [2.05, 4.69) is 9.88 Å². The van der Waals surface area contributed by atoms with Crippen molar-refractivity contribution in [2.24, 2.45) is 17.6 Å². The van der Waals surface area contributed by atoms with Gasteiger partial charge in [0.2, 0.25) is 5.91 Å². The molecule has 1 aromatic rings. The fourth-order valence-corrected chi connectivity index (χ4v) is 3.84. The molecule has 7 heteroatoms. The molecule has 0 radical (unpaired) electrons. The van der Waals surface area contributed by atoms with Gasteiger partial charge in [0.15, 0.2) is 0 Å². The van der Waals surface area contributed by atoms with Crippen LogP contribution in [-0.2, 0) is 9.53 Å². The van der Waals surface area contributed by atoms with E-state index in [-0.39, 0.29) is 11.8 Å². The molecule has 3 heterocycles. The third-order valence-corrected chi connectivity index (χ3v) is 5.33. The minimum Gasteiger partial charge on any atom is -0.381 e. The molecule has 0 bridgehead atoms. The lowest BCUT2D eigenvalue weighted by atomic mass is 9.85. The number of pyridine rings is 1. The van der Waals surface area contributed by atoms with Gasteiger partial charge in [-0.3, -0.25) is 4.79 Å². The van der Waals surface area contributed by atoms with E-state index in [1.165, 1.54) is 0 Å². The lowest BCUT2D eigenvalue weighted by Gasteiger charge is -2.39. The molecule has 2 aliphatic rings. The number of halogens is 1. The third-order valence-electron chi connectivity index (χ3n) is 5.04. The molecule has 2 N–H and O–H groups in total. The van der Waals surface area contributed by atoms with Crippen LogP contribution >= 0.6 is 11.6 Å². The van der Waals surface area contributed by atoms with Gasteiger partial charge in [0.1, 0.15) is 5.82 Å². The summed E-state index contributed by atoms with van der Waals surface area (Å²) < 4.78 is 5.40. The van der Waals surface area contributed by atoms with Gasteiger partial charge in [0.05, 0.1) is 10.9 Å². The highest BCUT2D eigenvalue weighted by Crippen LogP contribution is 2.27. The Morgan fingerprint density at radius 3 is 2.67 bits per heavy atom. The molecule has 1 aromatic heterocycles. The fraction of sp³-hybridized carbons (Fsp3) is 0.647. The molecule has 0 saturated carbocycles. The van der Waals surface area contributed by atoms with Gasteiger partial charge in [-0.05, 0) is 30.9 Å². The Labute approximate surface area is 147 Å². The number of carbonyl (C=O) groups excluding carboxylic acids is 1. The van der Waals surface area contributed by atoms with Crippen LogP contribution in [0.15, 0.2) is 18.3 Å². The van der Waals surface area contributed by atoms with Crippen LogP contribution < -0.4 is 10.6 Å². The standard InChI is InChI=1S/C17H25ClN4O2/c18-15-2-1-5-20-16(15)21-6-8-22(9-7-21)17(23)14(12-19)13-3-10-24-11-4-13/h1-2,5,13-14H,3-4,6-12,19H2. The van der Waals surface area contributed by atoms with Crippen molar-refractivity contribution in [1.29, 1.82) is 0 Å². The van der Waals surface area contributed by atoms with Crippen molar-refractivity contribution >= 4 is 23.3 Å². The quantitative estimate of drug-likeness (QED) is 0.886. The maximum atomic E-state index is 12.9. The van der Waals surface area contributed by atoms with E-state index in [0.29, 0.717) is 30.6 Å². The van der Waals surface area contributed by atoms with Crippen molar-refractivity contribution in [2.75, 3.05) is 50.8 Å². The maximum absolute atomic E-state index is 12.9. The largest absolute Gasteiger partial charge is 0.381 e. The monoisotopic (exact) mass is 352 g/mol. The molecule has 0 spiro atoms. The maximum Gasteiger partial charge on any atom is 0.227 e. The van der Waals surface area contributed by atoms with Gasteiger partial charge in [-0.2, -0.15) is 0 Å². The van der Waals surface area contributed by atoms with Gasteiger partial charge in [-0.25, -0.2) is 4.98 Å². The van der Waals surface area contributed by atoms with Crippen LogP contribution in [0.2, 0.25) is 5.02 Å². The van der Waals surface area contributed by atoms with Gasteiger partial charge < -0.3 is 20.3 Å². The molecule has 2 aliphatic heterocycles. The first-order valence-corrected chi connectivity index (χ1v) is 9.00. The molecule has 6 nitrogen and oxygen atoms in total. The Morgan fingerprint density at radius 1 is 1.33 bits per heavy atom. The second-order valence-corrected chi connectivity index (χ2v) is 6.82. The van der Waals surface area contributed by atoms with Crippen LogP contribution in [0, 0.1) is 11.8 Å². The first-order valence-electron chi connectivity index (χ1n) is 8.62. The predicted octanol–water partition coefficient (Wildman–Crippen LogP) is 1.39. The number of aromatic nitrogens is 1. The molecule has 132 valence electrons. The van der Waals surface area contributed by atoms with Crippen LogP contribution in [0.3, 0.4) is 0 Å². The second-order valence-electron chi connectivity index (χ2n) is 6.41. The number of hydrogen-bond acceptors (Lipinski definition) is 5. The summed E-state index contributed by atoms with van der Waals surface area (Å²) in [7, 11) is 0. The number of nitrogens with two attached hydrogens (primary N) is 1. The fourth-order valence-electron chi connectivity index (χ4n) is 3.60. The number of carbonyl (C=O) groups is 1. The summed E-state index contributed by atoms with van der Waals surface area (Å²) >= 11 is 6.22. The number of piperazine rings is 1. The molecule has 2 fully saturated rings. The Morgan fingerprint density at radius 2 is 2.04 bits per heavy atom. The number of nitrogens with zero attached hydrogens (tertiary/aromatic N) is 3. The zero-order valence-corrected chi connectivity index (χ0v) is 14.6. The van der Waals surface area contributed by atoms with E-state index in [0.717, 1.165) is 45.0 Å². The average molecular weight is 353 g/mol. The molecule has 1 unspecified atom stereocenters. The molecule has 24 heavy (non-hydrogen) atoms. The molecule has 3 rings (SSSR count). The van der Waals surface area contributed by atoms with Crippen LogP contribution in [-0.4, -0.2) is 61.7 Å². The highest BCUT2D eigenvalue weighted by Gasteiger charge is 2.33. The highest BCUT2D eigenvalue weighted by molar-refractivity contribution is 6.32. The number of amides is 1. The first-order chi connectivity index (χ1) is 11.7. The molecule has 1 atom stereocenters. The smallest absolute Gasteiger partial charge is 0.227 e. The van der Waals surface area contributed by atoms with E-state index in [1.54, 1.807) is 6.20 Å². The van der Waals surface area contributed by atoms with Gasteiger partial charge in [0.25, 0.3) is 0 Å². The molecular formula is C17H25ClN4O2.